The summed E-state index contributed by atoms with van der Waals surface area (Å²) in [4.78, 5) is 25.5. The third-order valence-electron chi connectivity index (χ3n) is 5.25. The molecule has 2 heterocycles. The maximum Gasteiger partial charge on any atom is 0.254 e. The number of hydrogen-bond donors (Lipinski definition) is 0. The van der Waals surface area contributed by atoms with E-state index in [1.54, 1.807) is 6.07 Å². The summed E-state index contributed by atoms with van der Waals surface area (Å²) in [5.41, 5.74) is 2.71. The van der Waals surface area contributed by atoms with E-state index in [1.165, 1.54) is 6.33 Å². The zero-order chi connectivity index (χ0) is 21.1. The maximum absolute atomic E-state index is 12.8. The van der Waals surface area contributed by atoms with E-state index in [4.69, 9.17) is 16.3 Å². The average Bonchev–Trinajstić information content (AvgIpc) is 2.76. The number of aromatic nitrogens is 2. The molecule has 0 N–H and O–H groups in total. The Bertz CT molecular complexity index is 1060. The maximum atomic E-state index is 12.8. The molecule has 6 nitrogen and oxygen atoms in total. The van der Waals surface area contributed by atoms with Crippen molar-refractivity contribution in [1.82, 2.24) is 14.9 Å². The SMILES string of the molecule is Cc1cc(Oc2cc(N3CCN(C(=O)c4ccccc4C)CC3)ncn2)ccc1Cl. The van der Waals surface area contributed by atoms with Crippen molar-refractivity contribution in [2.75, 3.05) is 31.1 Å². The molecule has 0 bridgehead atoms. The minimum atomic E-state index is 0.0811. The van der Waals surface area contributed by atoms with Gasteiger partial charge in [0.1, 0.15) is 17.9 Å². The van der Waals surface area contributed by atoms with Crippen LogP contribution >= 0.6 is 11.6 Å². The molecule has 4 rings (SSSR count). The van der Waals surface area contributed by atoms with Crippen molar-refractivity contribution < 1.29 is 9.53 Å². The Hall–Kier alpha value is -3.12. The van der Waals surface area contributed by atoms with E-state index < -0.39 is 0 Å². The van der Waals surface area contributed by atoms with Crippen LogP contribution in [0.25, 0.3) is 0 Å². The normalized spacial score (nSPS) is 14.0. The van der Waals surface area contributed by atoms with Gasteiger partial charge in [0.25, 0.3) is 5.91 Å². The van der Waals surface area contributed by atoms with Gasteiger partial charge in [-0.05, 0) is 49.2 Å². The molecule has 30 heavy (non-hydrogen) atoms. The van der Waals surface area contributed by atoms with E-state index in [-0.39, 0.29) is 5.91 Å². The monoisotopic (exact) mass is 422 g/mol. The molecule has 0 spiro atoms. The number of amides is 1. The molecule has 1 aliphatic rings. The molecule has 154 valence electrons. The van der Waals surface area contributed by atoms with Crippen LogP contribution in [0.5, 0.6) is 11.6 Å². The van der Waals surface area contributed by atoms with E-state index >= 15 is 0 Å². The fraction of sp³-hybridized carbons (Fsp3) is 0.261. The zero-order valence-electron chi connectivity index (χ0n) is 17.0. The number of anilines is 1. The van der Waals surface area contributed by atoms with Gasteiger partial charge in [-0.15, -0.1) is 0 Å². The highest BCUT2D eigenvalue weighted by atomic mass is 35.5. The number of ether oxygens (including phenoxy) is 1. The van der Waals surface area contributed by atoms with Crippen LogP contribution in [0, 0.1) is 13.8 Å². The first kappa shape index (κ1) is 20.2. The quantitative estimate of drug-likeness (QED) is 0.619. The summed E-state index contributed by atoms with van der Waals surface area (Å²) in [5.74, 6) is 2.02. The van der Waals surface area contributed by atoms with Gasteiger partial charge in [0.15, 0.2) is 0 Å². The Balaban J connectivity index is 1.41. The highest BCUT2D eigenvalue weighted by Crippen LogP contribution is 2.26. The van der Waals surface area contributed by atoms with Gasteiger partial charge in [-0.1, -0.05) is 29.8 Å². The number of carbonyl (C=O) groups is 1. The van der Waals surface area contributed by atoms with Gasteiger partial charge in [0, 0.05) is 42.8 Å². The molecule has 0 radical (unpaired) electrons. The van der Waals surface area contributed by atoms with Crippen LogP contribution in [0.15, 0.2) is 54.9 Å². The molecule has 2 aromatic carbocycles. The van der Waals surface area contributed by atoms with E-state index in [1.807, 2.05) is 61.2 Å². The van der Waals surface area contributed by atoms with Crippen molar-refractivity contribution in [3.05, 3.63) is 76.6 Å². The standard InChI is InChI=1S/C23H23ClN4O2/c1-16-5-3-4-6-19(16)23(29)28-11-9-27(10-12-28)21-14-22(26-15-25-21)30-18-7-8-20(24)17(2)13-18/h3-8,13-15H,9-12H2,1-2H3. The third-order valence-corrected chi connectivity index (χ3v) is 5.67. The summed E-state index contributed by atoms with van der Waals surface area (Å²) in [6.07, 6.45) is 1.50. The third kappa shape index (κ3) is 4.39. The number of halogens is 1. The van der Waals surface area contributed by atoms with E-state index in [2.05, 4.69) is 14.9 Å². The highest BCUT2D eigenvalue weighted by Gasteiger charge is 2.24. The predicted octanol–water partition coefficient (Wildman–Crippen LogP) is 4.50. The van der Waals surface area contributed by atoms with Gasteiger partial charge >= 0.3 is 0 Å². The molecular formula is C23H23ClN4O2. The van der Waals surface area contributed by atoms with E-state index in [9.17, 15) is 4.79 Å². The molecule has 1 aliphatic heterocycles. The van der Waals surface area contributed by atoms with Gasteiger partial charge in [-0.3, -0.25) is 4.79 Å². The lowest BCUT2D eigenvalue weighted by atomic mass is 10.1. The first-order chi connectivity index (χ1) is 14.5. The lowest BCUT2D eigenvalue weighted by Gasteiger charge is -2.35. The van der Waals surface area contributed by atoms with Crippen molar-refractivity contribution in [2.24, 2.45) is 0 Å². The average molecular weight is 423 g/mol. The van der Waals surface area contributed by atoms with Crippen LogP contribution in [0.3, 0.4) is 0 Å². The number of piperazine rings is 1. The highest BCUT2D eigenvalue weighted by molar-refractivity contribution is 6.31. The second-order valence-electron chi connectivity index (χ2n) is 7.32. The molecule has 0 aliphatic carbocycles. The van der Waals surface area contributed by atoms with Crippen molar-refractivity contribution in [1.29, 1.82) is 0 Å². The molecule has 0 unspecified atom stereocenters. The summed E-state index contributed by atoms with van der Waals surface area (Å²) in [6.45, 7) is 6.59. The van der Waals surface area contributed by atoms with Crippen LogP contribution in [0.4, 0.5) is 5.82 Å². The fourth-order valence-corrected chi connectivity index (χ4v) is 3.60. The topological polar surface area (TPSA) is 58.6 Å². The Morgan fingerprint density at radius 3 is 2.47 bits per heavy atom. The molecule has 1 amide bonds. The van der Waals surface area contributed by atoms with Gasteiger partial charge < -0.3 is 14.5 Å². The lowest BCUT2D eigenvalue weighted by Crippen LogP contribution is -2.49. The fourth-order valence-electron chi connectivity index (χ4n) is 3.48. The minimum absolute atomic E-state index is 0.0811. The van der Waals surface area contributed by atoms with Crippen molar-refractivity contribution in [2.45, 2.75) is 13.8 Å². The second kappa shape index (κ2) is 8.71. The van der Waals surface area contributed by atoms with Gasteiger partial charge in [0.05, 0.1) is 0 Å². The van der Waals surface area contributed by atoms with Crippen LogP contribution in [0.1, 0.15) is 21.5 Å². The molecule has 7 heteroatoms. The minimum Gasteiger partial charge on any atom is -0.439 e. The molecule has 3 aromatic rings. The number of benzene rings is 2. The number of hydrogen-bond acceptors (Lipinski definition) is 5. The van der Waals surface area contributed by atoms with Crippen LogP contribution in [-0.4, -0.2) is 47.0 Å². The van der Waals surface area contributed by atoms with E-state index in [0.29, 0.717) is 42.8 Å². The second-order valence-corrected chi connectivity index (χ2v) is 7.73. The Morgan fingerprint density at radius 2 is 1.73 bits per heavy atom. The van der Waals surface area contributed by atoms with Gasteiger partial charge in [-0.2, -0.15) is 0 Å². The van der Waals surface area contributed by atoms with Crippen molar-refractivity contribution >= 4 is 23.3 Å². The summed E-state index contributed by atoms with van der Waals surface area (Å²) in [6, 6.07) is 15.0. The Labute approximate surface area is 181 Å². The summed E-state index contributed by atoms with van der Waals surface area (Å²) < 4.78 is 5.88. The first-order valence-electron chi connectivity index (χ1n) is 9.87. The smallest absolute Gasteiger partial charge is 0.254 e. The van der Waals surface area contributed by atoms with Crippen molar-refractivity contribution in [3.8, 4) is 11.6 Å². The summed E-state index contributed by atoms with van der Waals surface area (Å²) >= 11 is 6.08. The van der Waals surface area contributed by atoms with Crippen LogP contribution in [0.2, 0.25) is 5.02 Å². The lowest BCUT2D eigenvalue weighted by molar-refractivity contribution is 0.0745. The molecule has 1 saturated heterocycles. The number of nitrogens with zero attached hydrogens (tertiary/aromatic N) is 4. The molecule has 0 saturated carbocycles. The van der Waals surface area contributed by atoms with Crippen molar-refractivity contribution in [3.63, 3.8) is 0 Å². The number of carbonyl (C=O) groups excluding carboxylic acids is 1. The Kier molecular flexibility index (Phi) is 5.86. The predicted molar refractivity (Wildman–Crippen MR) is 118 cm³/mol. The molecule has 1 aromatic heterocycles. The Morgan fingerprint density at radius 1 is 0.967 bits per heavy atom. The van der Waals surface area contributed by atoms with E-state index in [0.717, 1.165) is 22.5 Å². The first-order valence-corrected chi connectivity index (χ1v) is 10.2. The van der Waals surface area contributed by atoms with Gasteiger partial charge in [0.2, 0.25) is 5.88 Å². The summed E-state index contributed by atoms with van der Waals surface area (Å²) in [5, 5.41) is 0.698. The number of aryl methyl sites for hydroxylation is 2. The van der Waals surface area contributed by atoms with Crippen LogP contribution in [-0.2, 0) is 0 Å². The summed E-state index contributed by atoms with van der Waals surface area (Å²) in [7, 11) is 0. The van der Waals surface area contributed by atoms with Gasteiger partial charge in [-0.25, -0.2) is 9.97 Å². The largest absolute Gasteiger partial charge is 0.439 e. The number of rotatable bonds is 4. The molecule has 0 atom stereocenters. The molecule has 1 fully saturated rings. The zero-order valence-corrected chi connectivity index (χ0v) is 17.8. The molecular weight excluding hydrogens is 400 g/mol. The van der Waals surface area contributed by atoms with Crippen LogP contribution < -0.4 is 9.64 Å².